The summed E-state index contributed by atoms with van der Waals surface area (Å²) in [4.78, 5) is 36.4. The van der Waals surface area contributed by atoms with Gasteiger partial charge in [0.25, 0.3) is 5.91 Å². The summed E-state index contributed by atoms with van der Waals surface area (Å²) in [5, 5.41) is 9.25. The molecule has 0 fully saturated rings. The molecule has 3 N–H and O–H groups in total. The Bertz CT molecular complexity index is 1340. The van der Waals surface area contributed by atoms with Crippen LogP contribution in [0.3, 0.4) is 0 Å². The Balaban J connectivity index is 1.37. The molecule has 8 nitrogen and oxygen atoms in total. The van der Waals surface area contributed by atoms with E-state index in [0.717, 1.165) is 21.7 Å². The van der Waals surface area contributed by atoms with Gasteiger partial charge in [0.2, 0.25) is 5.91 Å². The average Bonchev–Trinajstić information content (AvgIpc) is 3.52. The molecular formula is C26H22N4O4S. The van der Waals surface area contributed by atoms with Crippen molar-refractivity contribution in [2.24, 2.45) is 5.73 Å². The van der Waals surface area contributed by atoms with Crippen molar-refractivity contribution in [3.63, 3.8) is 0 Å². The van der Waals surface area contributed by atoms with E-state index in [1.807, 2.05) is 58.7 Å². The summed E-state index contributed by atoms with van der Waals surface area (Å²) in [5.74, 6) is -1.72. The zero-order valence-electron chi connectivity index (χ0n) is 18.6. The number of thiophene rings is 1. The van der Waals surface area contributed by atoms with Crippen molar-refractivity contribution in [2.45, 2.75) is 6.54 Å². The number of nitrogens with two attached hydrogens (primary N) is 1. The lowest BCUT2D eigenvalue weighted by Crippen LogP contribution is -2.20. The van der Waals surface area contributed by atoms with Crippen LogP contribution in [0.5, 0.6) is 0 Å². The summed E-state index contributed by atoms with van der Waals surface area (Å²) in [6.07, 6.45) is 4.77. The molecule has 4 rings (SSSR count). The zero-order chi connectivity index (χ0) is 24.6. The summed E-state index contributed by atoms with van der Waals surface area (Å²) in [5.41, 5.74) is 8.61. The molecule has 4 aromatic rings. The van der Waals surface area contributed by atoms with Gasteiger partial charge < -0.3 is 15.8 Å². The van der Waals surface area contributed by atoms with Gasteiger partial charge in [-0.2, -0.15) is 5.10 Å². The quantitative estimate of drug-likeness (QED) is 0.274. The first-order valence-electron chi connectivity index (χ1n) is 10.7. The molecule has 0 aliphatic carbocycles. The Morgan fingerprint density at radius 2 is 1.80 bits per heavy atom. The molecule has 0 saturated carbocycles. The molecule has 176 valence electrons. The maximum atomic E-state index is 12.2. The fourth-order valence-corrected chi connectivity index (χ4v) is 4.00. The highest BCUT2D eigenvalue weighted by Gasteiger charge is 2.12. The van der Waals surface area contributed by atoms with Gasteiger partial charge in [-0.15, -0.1) is 11.3 Å². The SMILES string of the molecule is NC(=O)c1ccc(NC(=O)COC(=O)/C=C/c2cn(Cc3ccccc3)nc2-c2cccs2)cc1. The molecule has 35 heavy (non-hydrogen) atoms. The molecular weight excluding hydrogens is 464 g/mol. The van der Waals surface area contributed by atoms with Crippen LogP contribution in [-0.2, 0) is 20.9 Å². The first-order valence-corrected chi connectivity index (χ1v) is 11.6. The Morgan fingerprint density at radius 1 is 1.03 bits per heavy atom. The summed E-state index contributed by atoms with van der Waals surface area (Å²) >= 11 is 1.56. The van der Waals surface area contributed by atoms with Gasteiger partial charge in [0.1, 0.15) is 5.69 Å². The van der Waals surface area contributed by atoms with Crippen LogP contribution >= 0.6 is 11.3 Å². The minimum absolute atomic E-state index is 0.327. The second-order valence-corrected chi connectivity index (χ2v) is 8.47. The van der Waals surface area contributed by atoms with Crippen LogP contribution in [0.25, 0.3) is 16.6 Å². The number of carbonyl (C=O) groups is 3. The molecule has 0 aliphatic heterocycles. The number of hydrogen-bond acceptors (Lipinski definition) is 6. The first kappa shape index (κ1) is 23.7. The molecule has 0 aliphatic rings. The van der Waals surface area contributed by atoms with E-state index in [-0.39, 0.29) is 0 Å². The third kappa shape index (κ3) is 6.52. The summed E-state index contributed by atoms with van der Waals surface area (Å²) < 4.78 is 6.88. The lowest BCUT2D eigenvalue weighted by atomic mass is 10.2. The average molecular weight is 487 g/mol. The third-order valence-corrected chi connectivity index (χ3v) is 5.81. The number of carbonyl (C=O) groups excluding carboxylic acids is 3. The lowest BCUT2D eigenvalue weighted by molar-refractivity contribution is -0.142. The zero-order valence-corrected chi connectivity index (χ0v) is 19.4. The first-order chi connectivity index (χ1) is 17.0. The monoisotopic (exact) mass is 486 g/mol. The van der Waals surface area contributed by atoms with Crippen molar-refractivity contribution < 1.29 is 19.1 Å². The van der Waals surface area contributed by atoms with E-state index in [9.17, 15) is 14.4 Å². The number of aromatic nitrogens is 2. The number of nitrogens with zero attached hydrogens (tertiary/aromatic N) is 2. The standard InChI is InChI=1S/C26H22N4O4S/c27-26(33)19-8-11-21(12-9-19)28-23(31)17-34-24(32)13-10-20-16-30(15-18-5-2-1-3-6-18)29-25(20)22-7-4-14-35-22/h1-14,16H,15,17H2,(H2,27,33)(H,28,31)/b13-10+. The van der Waals surface area contributed by atoms with Crippen LogP contribution in [-0.4, -0.2) is 34.2 Å². The van der Waals surface area contributed by atoms with E-state index in [1.165, 1.54) is 18.2 Å². The van der Waals surface area contributed by atoms with E-state index < -0.39 is 24.4 Å². The topological polar surface area (TPSA) is 116 Å². The van der Waals surface area contributed by atoms with Gasteiger partial charge in [0.05, 0.1) is 11.4 Å². The van der Waals surface area contributed by atoms with E-state index in [0.29, 0.717) is 17.8 Å². The van der Waals surface area contributed by atoms with E-state index in [4.69, 9.17) is 15.6 Å². The Labute approximate surface area is 205 Å². The minimum atomic E-state index is -0.655. The van der Waals surface area contributed by atoms with Gasteiger partial charge in [0, 0.05) is 29.1 Å². The predicted molar refractivity (Wildman–Crippen MR) is 135 cm³/mol. The lowest BCUT2D eigenvalue weighted by Gasteiger charge is -2.05. The molecule has 0 spiro atoms. The Kier molecular flexibility index (Phi) is 7.49. The van der Waals surface area contributed by atoms with Gasteiger partial charge in [-0.3, -0.25) is 14.3 Å². The van der Waals surface area contributed by atoms with E-state index in [2.05, 4.69) is 5.32 Å². The number of esters is 1. The van der Waals surface area contributed by atoms with E-state index >= 15 is 0 Å². The van der Waals surface area contributed by atoms with Gasteiger partial charge in [-0.05, 0) is 47.4 Å². The highest BCUT2D eigenvalue weighted by molar-refractivity contribution is 7.13. The van der Waals surface area contributed by atoms with E-state index in [1.54, 1.807) is 29.5 Å². The predicted octanol–water partition coefficient (Wildman–Crippen LogP) is 3.95. The van der Waals surface area contributed by atoms with Crippen LogP contribution in [0.15, 0.2) is 84.4 Å². The molecule has 2 aromatic heterocycles. The van der Waals surface area contributed by atoms with Crippen LogP contribution < -0.4 is 11.1 Å². The normalized spacial score (nSPS) is 10.9. The molecule has 0 bridgehead atoms. The van der Waals surface area contributed by atoms with Crippen molar-refractivity contribution in [3.05, 3.63) is 101 Å². The number of amides is 2. The van der Waals surface area contributed by atoms with Crippen LogP contribution in [0.2, 0.25) is 0 Å². The van der Waals surface area contributed by atoms with Crippen molar-refractivity contribution in [3.8, 4) is 10.6 Å². The number of anilines is 1. The fraction of sp³-hybridized carbons (Fsp3) is 0.0769. The molecule has 2 heterocycles. The molecule has 0 radical (unpaired) electrons. The van der Waals surface area contributed by atoms with Gasteiger partial charge >= 0.3 is 5.97 Å². The smallest absolute Gasteiger partial charge is 0.331 e. The Morgan fingerprint density at radius 3 is 2.49 bits per heavy atom. The highest BCUT2D eigenvalue weighted by atomic mass is 32.1. The number of ether oxygens (including phenoxy) is 1. The maximum absolute atomic E-state index is 12.2. The number of primary amides is 1. The van der Waals surface area contributed by atoms with Crippen molar-refractivity contribution in [2.75, 3.05) is 11.9 Å². The van der Waals surface area contributed by atoms with Crippen LogP contribution in [0.1, 0.15) is 21.5 Å². The maximum Gasteiger partial charge on any atom is 0.331 e. The molecule has 0 saturated heterocycles. The van der Waals surface area contributed by atoms with Crippen LogP contribution in [0.4, 0.5) is 5.69 Å². The summed E-state index contributed by atoms with van der Waals surface area (Å²) in [6, 6.07) is 19.9. The molecule has 0 atom stereocenters. The van der Waals surface area contributed by atoms with Crippen molar-refractivity contribution >= 4 is 40.9 Å². The van der Waals surface area contributed by atoms with Crippen molar-refractivity contribution in [1.82, 2.24) is 9.78 Å². The molecule has 2 amide bonds. The second kappa shape index (κ2) is 11.1. The van der Waals surface area contributed by atoms with Crippen LogP contribution in [0, 0.1) is 0 Å². The number of benzene rings is 2. The molecule has 2 aromatic carbocycles. The Hall–Kier alpha value is -4.50. The fourth-order valence-electron chi connectivity index (χ4n) is 3.27. The number of nitrogens with one attached hydrogen (secondary N) is 1. The number of hydrogen-bond donors (Lipinski definition) is 2. The molecule has 9 heteroatoms. The van der Waals surface area contributed by atoms with Crippen molar-refractivity contribution in [1.29, 1.82) is 0 Å². The largest absolute Gasteiger partial charge is 0.452 e. The molecule has 0 unspecified atom stereocenters. The van der Waals surface area contributed by atoms with Gasteiger partial charge in [-0.25, -0.2) is 4.79 Å². The minimum Gasteiger partial charge on any atom is -0.452 e. The van der Waals surface area contributed by atoms with Gasteiger partial charge in [-0.1, -0.05) is 36.4 Å². The summed E-state index contributed by atoms with van der Waals surface area (Å²) in [7, 11) is 0. The second-order valence-electron chi connectivity index (χ2n) is 7.52. The third-order valence-electron chi connectivity index (χ3n) is 4.93. The summed E-state index contributed by atoms with van der Waals surface area (Å²) in [6.45, 7) is 0.143. The van der Waals surface area contributed by atoms with Gasteiger partial charge in [0.15, 0.2) is 6.61 Å². The highest BCUT2D eigenvalue weighted by Crippen LogP contribution is 2.27. The number of rotatable bonds is 9.